The molecule has 2 aromatic carbocycles. The van der Waals surface area contributed by atoms with Crippen molar-refractivity contribution in [1.82, 2.24) is 9.88 Å². The first-order valence-electron chi connectivity index (χ1n) is 9.99. The number of nitrogens with one attached hydrogen (secondary N) is 1. The second-order valence-corrected chi connectivity index (χ2v) is 9.46. The lowest BCUT2D eigenvalue weighted by Crippen LogP contribution is -2.12. The number of pyridine rings is 1. The molecule has 0 spiro atoms. The zero-order valence-corrected chi connectivity index (χ0v) is 19.3. The Kier molecular flexibility index (Phi) is 6.99. The summed E-state index contributed by atoms with van der Waals surface area (Å²) in [7, 11) is 3.98. The third kappa shape index (κ3) is 5.24. The van der Waals surface area contributed by atoms with Crippen molar-refractivity contribution in [3.8, 4) is 20.9 Å². The molecule has 2 heterocycles. The molecule has 0 saturated heterocycles. The van der Waals surface area contributed by atoms with Crippen LogP contribution in [0.1, 0.15) is 15.9 Å². The van der Waals surface area contributed by atoms with Crippen LogP contribution in [0.2, 0.25) is 0 Å². The van der Waals surface area contributed by atoms with Crippen LogP contribution in [0.5, 0.6) is 0 Å². The first-order chi connectivity index (χ1) is 15.5. The lowest BCUT2D eigenvalue weighted by molar-refractivity contribution is 0.112. The van der Waals surface area contributed by atoms with E-state index in [4.69, 9.17) is 0 Å². The third-order valence-corrected chi connectivity index (χ3v) is 6.86. The van der Waals surface area contributed by atoms with Gasteiger partial charge < -0.3 is 9.62 Å². The minimum absolute atomic E-state index is 0.258. The molecule has 4 nitrogen and oxygen atoms in total. The highest BCUT2D eigenvalue weighted by molar-refractivity contribution is 8.00. The minimum atomic E-state index is -0.258. The van der Waals surface area contributed by atoms with Gasteiger partial charge in [0.1, 0.15) is 12.1 Å². The van der Waals surface area contributed by atoms with Crippen molar-refractivity contribution in [3.05, 3.63) is 90.0 Å². The van der Waals surface area contributed by atoms with Gasteiger partial charge in [-0.25, -0.2) is 4.39 Å². The highest BCUT2D eigenvalue weighted by Crippen LogP contribution is 2.36. The van der Waals surface area contributed by atoms with E-state index in [9.17, 15) is 9.18 Å². The molecule has 4 aromatic rings. The van der Waals surface area contributed by atoms with Gasteiger partial charge in [-0.2, -0.15) is 0 Å². The maximum atomic E-state index is 13.8. The maximum Gasteiger partial charge on any atom is 0.150 e. The van der Waals surface area contributed by atoms with Crippen LogP contribution in [-0.2, 0) is 6.54 Å². The standard InChI is InChI=1S/C25H22FN3OS2/c1-29(2)15-20-11-17(7-8-18(20)16-30)23-9-10-24(31-23)19-12-21(14-27-13-19)28-32-25-6-4-3-5-22(25)26/h3-14,16,28H,15H2,1-2H3. The Hall–Kier alpha value is -3.00. The summed E-state index contributed by atoms with van der Waals surface area (Å²) in [6.07, 6.45) is 4.45. The molecule has 0 unspecified atom stereocenters. The normalized spacial score (nSPS) is 11.0. The number of carbonyl (C=O) groups is 1. The van der Waals surface area contributed by atoms with Crippen LogP contribution < -0.4 is 4.72 Å². The van der Waals surface area contributed by atoms with Crippen LogP contribution in [-0.4, -0.2) is 30.3 Å². The summed E-state index contributed by atoms with van der Waals surface area (Å²) in [6, 6.07) is 18.8. The predicted molar refractivity (Wildman–Crippen MR) is 132 cm³/mol. The average Bonchev–Trinajstić information content (AvgIpc) is 3.29. The number of anilines is 1. The summed E-state index contributed by atoms with van der Waals surface area (Å²) in [6.45, 7) is 0.706. The smallest absolute Gasteiger partial charge is 0.150 e. The van der Waals surface area contributed by atoms with E-state index in [0.717, 1.165) is 44.0 Å². The Morgan fingerprint density at radius 3 is 2.56 bits per heavy atom. The maximum absolute atomic E-state index is 13.8. The third-order valence-electron chi connectivity index (χ3n) is 4.79. The molecule has 0 fully saturated rings. The quantitative estimate of drug-likeness (QED) is 0.235. The molecular weight excluding hydrogens is 441 g/mol. The van der Waals surface area contributed by atoms with Gasteiger partial charge in [0.25, 0.3) is 0 Å². The van der Waals surface area contributed by atoms with E-state index in [0.29, 0.717) is 11.4 Å². The number of hydrogen-bond donors (Lipinski definition) is 1. The molecule has 0 atom stereocenters. The fourth-order valence-electron chi connectivity index (χ4n) is 3.27. The van der Waals surface area contributed by atoms with Crippen molar-refractivity contribution in [2.24, 2.45) is 0 Å². The number of benzene rings is 2. The van der Waals surface area contributed by atoms with Gasteiger partial charge in [0.2, 0.25) is 0 Å². The van der Waals surface area contributed by atoms with E-state index in [1.54, 1.807) is 35.7 Å². The fraction of sp³-hybridized carbons (Fsp3) is 0.120. The molecular formula is C25H22FN3OS2. The summed E-state index contributed by atoms with van der Waals surface area (Å²) in [5.41, 5.74) is 4.60. The molecule has 0 aliphatic carbocycles. The highest BCUT2D eigenvalue weighted by atomic mass is 32.2. The Morgan fingerprint density at radius 2 is 1.81 bits per heavy atom. The lowest BCUT2D eigenvalue weighted by atomic mass is 10.0. The van der Waals surface area contributed by atoms with E-state index >= 15 is 0 Å². The van der Waals surface area contributed by atoms with Crippen LogP contribution in [0.15, 0.2) is 78.0 Å². The molecule has 162 valence electrons. The van der Waals surface area contributed by atoms with Crippen LogP contribution in [0.3, 0.4) is 0 Å². The largest absolute Gasteiger partial charge is 0.324 e. The molecule has 1 N–H and O–H groups in total. The molecule has 0 radical (unpaired) electrons. The Labute approximate surface area is 195 Å². The monoisotopic (exact) mass is 463 g/mol. The number of aromatic nitrogens is 1. The van der Waals surface area contributed by atoms with Crippen molar-refractivity contribution in [2.75, 3.05) is 18.8 Å². The number of rotatable bonds is 8. The van der Waals surface area contributed by atoms with Gasteiger partial charge in [-0.15, -0.1) is 11.3 Å². The lowest BCUT2D eigenvalue weighted by Gasteiger charge is -2.12. The minimum Gasteiger partial charge on any atom is -0.324 e. The molecule has 2 aromatic heterocycles. The van der Waals surface area contributed by atoms with Crippen molar-refractivity contribution in [1.29, 1.82) is 0 Å². The molecule has 0 amide bonds. The van der Waals surface area contributed by atoms with Crippen LogP contribution in [0.4, 0.5) is 10.1 Å². The van der Waals surface area contributed by atoms with Crippen LogP contribution >= 0.6 is 23.3 Å². The van der Waals surface area contributed by atoms with E-state index in [2.05, 4.69) is 32.8 Å². The Balaban J connectivity index is 1.54. The summed E-state index contributed by atoms with van der Waals surface area (Å²) in [5.74, 6) is -0.258. The van der Waals surface area contributed by atoms with Crippen molar-refractivity contribution >= 4 is 35.3 Å². The summed E-state index contributed by atoms with van der Waals surface area (Å²) in [5, 5.41) is 0. The van der Waals surface area contributed by atoms with Crippen molar-refractivity contribution in [3.63, 3.8) is 0 Å². The first kappa shape index (κ1) is 22.2. The number of aldehydes is 1. The van der Waals surface area contributed by atoms with Crippen molar-refractivity contribution in [2.45, 2.75) is 11.4 Å². The average molecular weight is 464 g/mol. The molecule has 7 heteroatoms. The number of halogens is 1. The Morgan fingerprint density at radius 1 is 1.03 bits per heavy atom. The second-order valence-electron chi connectivity index (χ2n) is 7.53. The zero-order valence-electron chi connectivity index (χ0n) is 17.7. The van der Waals surface area contributed by atoms with E-state index < -0.39 is 0 Å². The summed E-state index contributed by atoms with van der Waals surface area (Å²) in [4.78, 5) is 20.5. The van der Waals surface area contributed by atoms with Gasteiger partial charge in [0.05, 0.1) is 16.8 Å². The highest BCUT2D eigenvalue weighted by Gasteiger charge is 2.10. The summed E-state index contributed by atoms with van der Waals surface area (Å²) < 4.78 is 17.0. The van der Waals surface area contributed by atoms with Gasteiger partial charge in [-0.05, 0) is 73.6 Å². The number of carbonyl (C=O) groups excluding carboxylic acids is 1. The molecule has 0 saturated carbocycles. The van der Waals surface area contributed by atoms with Gasteiger partial charge >= 0.3 is 0 Å². The van der Waals surface area contributed by atoms with E-state index in [1.165, 1.54) is 18.0 Å². The van der Waals surface area contributed by atoms with Crippen LogP contribution in [0.25, 0.3) is 20.9 Å². The molecule has 0 aliphatic heterocycles. The topological polar surface area (TPSA) is 45.2 Å². The number of hydrogen-bond acceptors (Lipinski definition) is 6. The number of thiophene rings is 1. The number of nitrogens with zero attached hydrogens (tertiary/aromatic N) is 2. The Bertz CT molecular complexity index is 1240. The predicted octanol–water partition coefficient (Wildman–Crippen LogP) is 6.61. The van der Waals surface area contributed by atoms with Gasteiger partial charge in [0, 0.05) is 33.6 Å². The molecule has 0 aliphatic rings. The van der Waals surface area contributed by atoms with Crippen LogP contribution in [0, 0.1) is 5.82 Å². The fourth-order valence-corrected chi connectivity index (χ4v) is 4.91. The molecule has 0 bridgehead atoms. The molecule has 4 rings (SSSR count). The van der Waals surface area contributed by atoms with Gasteiger partial charge in [-0.3, -0.25) is 9.78 Å². The van der Waals surface area contributed by atoms with Gasteiger partial charge in [0.15, 0.2) is 0 Å². The van der Waals surface area contributed by atoms with E-state index in [1.807, 2.05) is 38.5 Å². The SMILES string of the molecule is CN(C)Cc1cc(-c2ccc(-c3cncc(NSc4ccccc4F)c3)s2)ccc1C=O. The van der Waals surface area contributed by atoms with Crippen molar-refractivity contribution < 1.29 is 9.18 Å². The second kappa shape index (κ2) is 10.1. The summed E-state index contributed by atoms with van der Waals surface area (Å²) >= 11 is 2.89. The molecule has 32 heavy (non-hydrogen) atoms. The van der Waals surface area contributed by atoms with Gasteiger partial charge in [-0.1, -0.05) is 24.3 Å². The first-order valence-corrected chi connectivity index (χ1v) is 11.6. The zero-order chi connectivity index (χ0) is 22.5. The van der Waals surface area contributed by atoms with E-state index in [-0.39, 0.29) is 5.82 Å².